The SMILES string of the molecule is CCCN(C(=O)Cc1nc(-c2cccs2)oc1C)C1CCNCC1. The molecule has 0 aliphatic carbocycles. The van der Waals surface area contributed by atoms with E-state index in [9.17, 15) is 4.79 Å². The Morgan fingerprint density at radius 2 is 2.25 bits per heavy atom. The van der Waals surface area contributed by atoms with Crippen molar-refractivity contribution in [3.63, 3.8) is 0 Å². The summed E-state index contributed by atoms with van der Waals surface area (Å²) in [6.07, 6.45) is 3.37. The molecular formula is C18H25N3O2S. The molecular weight excluding hydrogens is 322 g/mol. The van der Waals surface area contributed by atoms with Gasteiger partial charge in [0.25, 0.3) is 0 Å². The second-order valence-corrected chi connectivity index (χ2v) is 7.19. The molecule has 2 aromatic heterocycles. The van der Waals surface area contributed by atoms with Crippen molar-refractivity contribution in [2.75, 3.05) is 19.6 Å². The molecule has 1 saturated heterocycles. The minimum Gasteiger partial charge on any atom is -0.440 e. The van der Waals surface area contributed by atoms with Gasteiger partial charge in [-0.2, -0.15) is 0 Å². The standard InChI is InChI=1S/C18H25N3O2S/c1-3-10-21(14-6-8-19-9-7-14)17(22)12-15-13(2)23-18(20-15)16-5-4-11-24-16/h4-5,11,14,19H,3,6-10,12H2,1-2H3. The van der Waals surface area contributed by atoms with Crippen LogP contribution in [0.5, 0.6) is 0 Å². The van der Waals surface area contributed by atoms with Gasteiger partial charge in [0.15, 0.2) is 0 Å². The fourth-order valence-corrected chi connectivity index (χ4v) is 3.86. The van der Waals surface area contributed by atoms with E-state index in [-0.39, 0.29) is 5.91 Å². The zero-order valence-electron chi connectivity index (χ0n) is 14.4. The number of rotatable bonds is 6. The van der Waals surface area contributed by atoms with Crippen LogP contribution in [0.4, 0.5) is 0 Å². The normalized spacial score (nSPS) is 15.6. The van der Waals surface area contributed by atoms with Crippen molar-refractivity contribution in [2.24, 2.45) is 0 Å². The molecule has 0 bridgehead atoms. The van der Waals surface area contributed by atoms with E-state index in [0.717, 1.165) is 55.2 Å². The van der Waals surface area contributed by atoms with Crippen LogP contribution < -0.4 is 5.32 Å². The van der Waals surface area contributed by atoms with E-state index < -0.39 is 0 Å². The van der Waals surface area contributed by atoms with Crippen LogP contribution in [0.1, 0.15) is 37.6 Å². The van der Waals surface area contributed by atoms with Crippen LogP contribution in [0.25, 0.3) is 10.8 Å². The Morgan fingerprint density at radius 3 is 2.92 bits per heavy atom. The van der Waals surface area contributed by atoms with Gasteiger partial charge in [0.05, 0.1) is 17.0 Å². The van der Waals surface area contributed by atoms with Gasteiger partial charge in [-0.25, -0.2) is 4.98 Å². The van der Waals surface area contributed by atoms with Crippen molar-refractivity contribution in [1.29, 1.82) is 0 Å². The van der Waals surface area contributed by atoms with Crippen molar-refractivity contribution >= 4 is 17.2 Å². The maximum absolute atomic E-state index is 12.9. The summed E-state index contributed by atoms with van der Waals surface area (Å²) in [6, 6.07) is 4.31. The number of aromatic nitrogens is 1. The van der Waals surface area contributed by atoms with E-state index in [1.54, 1.807) is 11.3 Å². The van der Waals surface area contributed by atoms with Crippen LogP contribution in [-0.4, -0.2) is 41.5 Å². The summed E-state index contributed by atoms with van der Waals surface area (Å²) in [4.78, 5) is 20.5. The number of oxazole rings is 1. The van der Waals surface area contributed by atoms with Gasteiger partial charge in [-0.05, 0) is 50.7 Å². The number of nitrogens with one attached hydrogen (secondary N) is 1. The first-order chi connectivity index (χ1) is 11.7. The largest absolute Gasteiger partial charge is 0.440 e. The molecule has 0 spiro atoms. The van der Waals surface area contributed by atoms with Crippen LogP contribution in [0, 0.1) is 6.92 Å². The predicted molar refractivity (Wildman–Crippen MR) is 96.2 cm³/mol. The van der Waals surface area contributed by atoms with Crippen molar-refractivity contribution in [3.05, 3.63) is 29.0 Å². The number of hydrogen-bond acceptors (Lipinski definition) is 5. The molecule has 0 radical (unpaired) electrons. The monoisotopic (exact) mass is 347 g/mol. The Morgan fingerprint density at radius 1 is 1.46 bits per heavy atom. The number of nitrogens with zero attached hydrogens (tertiary/aromatic N) is 2. The van der Waals surface area contributed by atoms with Gasteiger partial charge in [0, 0.05) is 12.6 Å². The van der Waals surface area contributed by atoms with E-state index in [1.807, 2.05) is 24.4 Å². The zero-order valence-corrected chi connectivity index (χ0v) is 15.2. The molecule has 24 heavy (non-hydrogen) atoms. The number of thiophene rings is 1. The molecule has 6 heteroatoms. The fraction of sp³-hybridized carbons (Fsp3) is 0.556. The van der Waals surface area contributed by atoms with E-state index >= 15 is 0 Å². The van der Waals surface area contributed by atoms with Crippen molar-refractivity contribution in [3.8, 4) is 10.8 Å². The molecule has 0 unspecified atom stereocenters. The van der Waals surface area contributed by atoms with E-state index in [4.69, 9.17) is 4.42 Å². The van der Waals surface area contributed by atoms with Crippen LogP contribution in [0.2, 0.25) is 0 Å². The first kappa shape index (κ1) is 17.2. The van der Waals surface area contributed by atoms with Gasteiger partial charge in [-0.3, -0.25) is 4.79 Å². The highest BCUT2D eigenvalue weighted by Gasteiger charge is 2.26. The first-order valence-electron chi connectivity index (χ1n) is 8.69. The third-order valence-corrected chi connectivity index (χ3v) is 5.34. The lowest BCUT2D eigenvalue weighted by Gasteiger charge is -2.34. The lowest BCUT2D eigenvalue weighted by atomic mass is 10.0. The third kappa shape index (κ3) is 3.87. The number of carbonyl (C=O) groups excluding carboxylic acids is 1. The molecule has 0 atom stereocenters. The van der Waals surface area contributed by atoms with Gasteiger partial charge < -0.3 is 14.6 Å². The first-order valence-corrected chi connectivity index (χ1v) is 9.57. The van der Waals surface area contributed by atoms with Crippen LogP contribution in [0.15, 0.2) is 21.9 Å². The summed E-state index contributed by atoms with van der Waals surface area (Å²) in [5.74, 6) is 1.53. The Balaban J connectivity index is 1.72. The summed E-state index contributed by atoms with van der Waals surface area (Å²) in [6.45, 7) is 6.81. The van der Waals surface area contributed by atoms with Gasteiger partial charge in [-0.15, -0.1) is 11.3 Å². The van der Waals surface area contributed by atoms with Crippen LogP contribution in [0.3, 0.4) is 0 Å². The Kier molecular flexibility index (Phi) is 5.68. The molecule has 1 aliphatic heterocycles. The predicted octanol–water partition coefficient (Wildman–Crippen LogP) is 3.24. The smallest absolute Gasteiger partial charge is 0.236 e. The molecule has 1 amide bonds. The van der Waals surface area contributed by atoms with Gasteiger partial charge >= 0.3 is 0 Å². The number of carbonyl (C=O) groups is 1. The average molecular weight is 347 g/mol. The quantitative estimate of drug-likeness (QED) is 0.871. The summed E-state index contributed by atoms with van der Waals surface area (Å²) < 4.78 is 5.76. The number of hydrogen-bond donors (Lipinski definition) is 1. The maximum atomic E-state index is 12.9. The molecule has 3 rings (SSSR count). The Labute approximate surface area is 147 Å². The molecule has 1 fully saturated rings. The number of piperidine rings is 1. The Bertz CT molecular complexity index is 660. The minimum atomic E-state index is 0.165. The second-order valence-electron chi connectivity index (χ2n) is 6.24. The maximum Gasteiger partial charge on any atom is 0.236 e. The van der Waals surface area contributed by atoms with E-state index in [1.165, 1.54) is 0 Å². The van der Waals surface area contributed by atoms with Crippen LogP contribution in [-0.2, 0) is 11.2 Å². The minimum absolute atomic E-state index is 0.165. The van der Waals surface area contributed by atoms with Gasteiger partial charge in [0.2, 0.25) is 11.8 Å². The van der Waals surface area contributed by atoms with Crippen molar-refractivity contribution in [2.45, 2.75) is 45.6 Å². The van der Waals surface area contributed by atoms with Gasteiger partial charge in [0.1, 0.15) is 5.76 Å². The molecule has 5 nitrogen and oxygen atoms in total. The van der Waals surface area contributed by atoms with E-state index in [0.29, 0.717) is 18.4 Å². The number of aryl methyl sites for hydroxylation is 1. The molecule has 3 heterocycles. The van der Waals surface area contributed by atoms with Crippen molar-refractivity contribution in [1.82, 2.24) is 15.2 Å². The topological polar surface area (TPSA) is 58.4 Å². The van der Waals surface area contributed by atoms with Crippen LogP contribution >= 0.6 is 11.3 Å². The Hall–Kier alpha value is -1.66. The van der Waals surface area contributed by atoms with Gasteiger partial charge in [-0.1, -0.05) is 13.0 Å². The lowest BCUT2D eigenvalue weighted by molar-refractivity contribution is -0.133. The summed E-state index contributed by atoms with van der Waals surface area (Å²) in [5.41, 5.74) is 0.762. The summed E-state index contributed by atoms with van der Waals surface area (Å²) >= 11 is 1.60. The summed E-state index contributed by atoms with van der Waals surface area (Å²) in [7, 11) is 0. The molecule has 0 aromatic carbocycles. The van der Waals surface area contributed by atoms with Crippen molar-refractivity contribution < 1.29 is 9.21 Å². The zero-order chi connectivity index (χ0) is 16.9. The highest BCUT2D eigenvalue weighted by atomic mass is 32.1. The average Bonchev–Trinajstić information content (AvgIpc) is 3.24. The number of amides is 1. The fourth-order valence-electron chi connectivity index (χ4n) is 3.21. The van der Waals surface area contributed by atoms with E-state index in [2.05, 4.69) is 22.1 Å². The lowest BCUT2D eigenvalue weighted by Crippen LogP contribution is -2.47. The summed E-state index contributed by atoms with van der Waals surface area (Å²) in [5, 5.41) is 5.36. The molecule has 0 saturated carbocycles. The molecule has 1 N–H and O–H groups in total. The molecule has 1 aliphatic rings. The molecule has 2 aromatic rings. The highest BCUT2D eigenvalue weighted by Crippen LogP contribution is 2.26. The third-order valence-electron chi connectivity index (χ3n) is 4.48. The molecule has 130 valence electrons. The second kappa shape index (κ2) is 7.94. The highest BCUT2D eigenvalue weighted by molar-refractivity contribution is 7.13.